The minimum Gasteiger partial charge on any atom is -0.491 e. The summed E-state index contributed by atoms with van der Waals surface area (Å²) in [6, 6.07) is 8.91. The van der Waals surface area contributed by atoms with Crippen LogP contribution in [0.1, 0.15) is 11.3 Å². The summed E-state index contributed by atoms with van der Waals surface area (Å²) in [6.45, 7) is 2.23. The minimum absolute atomic E-state index is 0.0492. The summed E-state index contributed by atoms with van der Waals surface area (Å²) in [7, 11) is 1.43. The number of benzene rings is 1. The van der Waals surface area contributed by atoms with Gasteiger partial charge in [-0.25, -0.2) is 0 Å². The van der Waals surface area contributed by atoms with E-state index in [1.54, 1.807) is 0 Å². The average molecular weight is 301 g/mol. The molecule has 0 atom stereocenters. The van der Waals surface area contributed by atoms with Crippen molar-refractivity contribution in [3.63, 3.8) is 0 Å². The number of pyridine rings is 1. The predicted octanol–water partition coefficient (Wildman–Crippen LogP) is 2.30. The van der Waals surface area contributed by atoms with Crippen molar-refractivity contribution >= 4 is 0 Å². The first-order chi connectivity index (χ1) is 10.6. The number of aryl methyl sites for hydroxylation is 1. The number of diazo groups is 1. The Hall–Kier alpha value is -3.01. The van der Waals surface area contributed by atoms with Crippen LogP contribution in [-0.2, 0) is 6.54 Å². The highest BCUT2D eigenvalue weighted by atomic mass is 16.5. The fraction of sp³-hybridized carbons (Fsp3) is 0.267. The maximum absolute atomic E-state index is 11.7. The van der Waals surface area contributed by atoms with Gasteiger partial charge in [0.1, 0.15) is 12.3 Å². The van der Waals surface area contributed by atoms with E-state index in [0.29, 0.717) is 11.4 Å². The number of aromatic nitrogens is 1. The molecule has 0 saturated heterocycles. The highest BCUT2D eigenvalue weighted by Gasteiger charge is 2.16. The van der Waals surface area contributed by atoms with Crippen LogP contribution < -0.4 is 14.9 Å². The van der Waals surface area contributed by atoms with Crippen LogP contribution in [0.2, 0.25) is 0 Å². The summed E-state index contributed by atoms with van der Waals surface area (Å²) < 4.78 is 10.4. The molecule has 1 heterocycles. The van der Waals surface area contributed by atoms with E-state index >= 15 is 0 Å². The molecule has 0 unspecified atom stereocenters. The summed E-state index contributed by atoms with van der Waals surface area (Å²) in [4.78, 5) is 14.6. The number of methoxy groups -OCH3 is 1. The molecule has 2 rings (SSSR count). The summed E-state index contributed by atoms with van der Waals surface area (Å²) >= 11 is 0. The van der Waals surface area contributed by atoms with Gasteiger partial charge < -0.3 is 14.5 Å². The predicted molar refractivity (Wildman–Crippen MR) is 80.9 cm³/mol. The molecule has 0 radical (unpaired) electrons. The third-order valence-electron chi connectivity index (χ3n) is 3.04. The summed E-state index contributed by atoms with van der Waals surface area (Å²) in [5, 5.41) is 13.5. The van der Waals surface area contributed by atoms with Crippen LogP contribution in [0.4, 0.5) is 0 Å². The summed E-state index contributed by atoms with van der Waals surface area (Å²) in [5.74, 6) is 0.898. The Morgan fingerprint density at radius 3 is 2.64 bits per heavy atom. The topological polar surface area (TPSA) is 82.7 Å². The molecule has 0 bridgehead atoms. The van der Waals surface area contributed by atoms with E-state index in [-0.39, 0.29) is 24.5 Å². The second-order valence-electron chi connectivity index (χ2n) is 4.73. The Labute approximate surface area is 127 Å². The van der Waals surface area contributed by atoms with Crippen molar-refractivity contribution in [1.82, 2.24) is 9.99 Å². The van der Waals surface area contributed by atoms with Crippen LogP contribution in [0.25, 0.3) is 5.08 Å². The molecule has 1 N–H and O–H groups in total. The molecule has 0 aliphatic heterocycles. The van der Waals surface area contributed by atoms with E-state index in [0.717, 1.165) is 5.56 Å². The van der Waals surface area contributed by atoms with Gasteiger partial charge in [-0.2, -0.15) is 0 Å². The normalized spacial score (nSPS) is 9.86. The molecule has 0 amide bonds. The van der Waals surface area contributed by atoms with Crippen molar-refractivity contribution in [3.05, 3.63) is 63.1 Å². The van der Waals surface area contributed by atoms with Crippen molar-refractivity contribution in [1.29, 1.82) is 5.39 Å². The Morgan fingerprint density at radius 1 is 1.32 bits per heavy atom. The zero-order chi connectivity index (χ0) is 15.9. The van der Waals surface area contributed by atoms with Crippen LogP contribution in [0.15, 0.2) is 41.3 Å². The molecule has 0 saturated carbocycles. The number of aromatic amines is 1. The maximum Gasteiger partial charge on any atom is 0.309 e. The van der Waals surface area contributed by atoms with E-state index < -0.39 is 0 Å². The third kappa shape index (κ3) is 3.99. The van der Waals surface area contributed by atoms with Gasteiger partial charge in [0.2, 0.25) is 12.2 Å². The number of rotatable bonds is 6. The lowest BCUT2D eigenvalue weighted by atomic mass is 10.2. The second kappa shape index (κ2) is 7.13. The molecule has 114 valence electrons. The number of H-pyrrole nitrogens is 1. The van der Waals surface area contributed by atoms with E-state index in [4.69, 9.17) is 14.9 Å². The number of ether oxygens (including phenoxy) is 2. The van der Waals surface area contributed by atoms with E-state index in [2.05, 4.69) is 10.1 Å². The monoisotopic (exact) mass is 301 g/mol. The lowest BCUT2D eigenvalue weighted by Gasteiger charge is -2.08. The molecule has 2 aromatic rings. The average Bonchev–Trinajstić information content (AvgIpc) is 2.53. The van der Waals surface area contributed by atoms with Crippen molar-refractivity contribution in [2.24, 2.45) is 0 Å². The van der Waals surface area contributed by atoms with Crippen molar-refractivity contribution < 1.29 is 9.47 Å². The first kappa shape index (κ1) is 15.4. The largest absolute Gasteiger partial charge is 0.491 e. The van der Waals surface area contributed by atoms with Crippen molar-refractivity contribution in [2.75, 3.05) is 13.8 Å². The first-order valence-electron chi connectivity index (χ1n) is 6.67. The fourth-order valence-corrected chi connectivity index (χ4v) is 1.83. The SMILES string of the molecule is COc1c[nH]c(CN(COc2ccc(C)cc2)[N+]#N)cc1=O. The first-order valence-corrected chi connectivity index (χ1v) is 6.67. The molecule has 0 aliphatic carbocycles. The molecule has 7 nitrogen and oxygen atoms in total. The van der Waals surface area contributed by atoms with Gasteiger partial charge in [0.15, 0.2) is 5.75 Å². The number of nitrogens with one attached hydrogen (secondary N) is 1. The van der Waals surface area contributed by atoms with Crippen LogP contribution in [-0.4, -0.2) is 23.8 Å². The minimum atomic E-state index is -0.242. The molecule has 22 heavy (non-hydrogen) atoms. The third-order valence-corrected chi connectivity index (χ3v) is 3.04. The van der Waals surface area contributed by atoms with Crippen LogP contribution >= 0.6 is 0 Å². The summed E-state index contributed by atoms with van der Waals surface area (Å²) in [6.07, 6.45) is 1.47. The van der Waals surface area contributed by atoms with E-state index in [1.807, 2.05) is 31.2 Å². The van der Waals surface area contributed by atoms with Gasteiger partial charge in [-0.15, -0.1) is 0 Å². The Morgan fingerprint density at radius 2 is 2.05 bits per heavy atom. The maximum atomic E-state index is 11.7. The van der Waals surface area contributed by atoms with Gasteiger partial charge >= 0.3 is 5.08 Å². The van der Waals surface area contributed by atoms with Gasteiger partial charge in [0, 0.05) is 23.0 Å². The highest BCUT2D eigenvalue weighted by Crippen LogP contribution is 2.12. The smallest absolute Gasteiger partial charge is 0.309 e. The fourth-order valence-electron chi connectivity index (χ4n) is 1.83. The molecule has 1 aromatic carbocycles. The van der Waals surface area contributed by atoms with Crippen LogP contribution in [0.3, 0.4) is 0 Å². The Balaban J connectivity index is 1.97. The molecular weight excluding hydrogens is 284 g/mol. The van der Waals surface area contributed by atoms with E-state index in [9.17, 15) is 4.79 Å². The number of hydrogen-bond donors (Lipinski definition) is 1. The molecule has 1 aromatic heterocycles. The van der Waals surface area contributed by atoms with Crippen LogP contribution in [0, 0.1) is 12.3 Å². The number of hydrogen-bond acceptors (Lipinski definition) is 5. The van der Waals surface area contributed by atoms with Gasteiger partial charge in [0.05, 0.1) is 7.11 Å². The lowest BCUT2D eigenvalue weighted by Crippen LogP contribution is -2.22. The Kier molecular flexibility index (Phi) is 4.98. The van der Waals surface area contributed by atoms with Crippen molar-refractivity contribution in [3.8, 4) is 11.5 Å². The zero-order valence-electron chi connectivity index (χ0n) is 12.4. The van der Waals surface area contributed by atoms with E-state index in [1.165, 1.54) is 24.4 Å². The second-order valence-corrected chi connectivity index (χ2v) is 4.73. The standard InChI is InChI=1S/C15H16N4O3/c1-11-3-5-13(6-4-11)22-10-19(18-16)9-12-7-14(20)15(21-2)8-17-12/h3-8H,9-10H2,1-2H3/p+1. The van der Waals surface area contributed by atoms with Gasteiger partial charge in [-0.05, 0) is 19.1 Å². The summed E-state index contributed by atoms with van der Waals surface area (Å²) in [5.41, 5.74) is 1.47. The van der Waals surface area contributed by atoms with Crippen molar-refractivity contribution in [2.45, 2.75) is 13.5 Å². The molecule has 7 heteroatoms. The quantitative estimate of drug-likeness (QED) is 0.503. The van der Waals surface area contributed by atoms with Gasteiger partial charge in [-0.3, -0.25) is 4.79 Å². The molecular formula is C15H17N4O3+. The molecule has 0 spiro atoms. The Bertz CT molecular complexity index is 719. The van der Waals surface area contributed by atoms with Crippen LogP contribution in [0.5, 0.6) is 11.5 Å². The lowest BCUT2D eigenvalue weighted by molar-refractivity contribution is 0.160. The number of nitrogens with zero attached hydrogens (tertiary/aromatic N) is 3. The molecule has 0 fully saturated rings. The highest BCUT2D eigenvalue weighted by molar-refractivity contribution is 5.26. The zero-order valence-corrected chi connectivity index (χ0v) is 12.4. The van der Waals surface area contributed by atoms with Gasteiger partial charge in [0.25, 0.3) is 5.39 Å². The molecule has 0 aliphatic rings. The van der Waals surface area contributed by atoms with Gasteiger partial charge in [-0.1, -0.05) is 17.7 Å².